The van der Waals surface area contributed by atoms with E-state index in [1.165, 1.54) is 13.0 Å². The molecule has 0 atom stereocenters. The molecule has 0 aliphatic carbocycles. The molecule has 3 rings (SSSR count). The monoisotopic (exact) mass is 331 g/mol. The van der Waals surface area contributed by atoms with E-state index in [-0.39, 0.29) is 17.1 Å². The Kier molecular flexibility index (Phi) is 3.92. The predicted molar refractivity (Wildman–Crippen MR) is 84.3 cm³/mol. The van der Waals surface area contributed by atoms with Crippen LogP contribution >= 0.6 is 0 Å². The Balaban J connectivity index is 2.11. The topological polar surface area (TPSA) is 54.9 Å². The van der Waals surface area contributed by atoms with Crippen molar-refractivity contribution < 1.29 is 18.0 Å². The minimum Gasteiger partial charge on any atom is -0.340 e. The van der Waals surface area contributed by atoms with Crippen LogP contribution in [0.4, 0.5) is 24.7 Å². The zero-order valence-electron chi connectivity index (χ0n) is 12.6. The summed E-state index contributed by atoms with van der Waals surface area (Å²) in [7, 11) is 0. The summed E-state index contributed by atoms with van der Waals surface area (Å²) in [6.07, 6.45) is -4.65. The van der Waals surface area contributed by atoms with Gasteiger partial charge >= 0.3 is 6.18 Å². The number of nitrogens with zero attached hydrogens (tertiary/aromatic N) is 2. The van der Waals surface area contributed by atoms with Gasteiger partial charge in [-0.15, -0.1) is 0 Å². The smallest absolute Gasteiger partial charge is 0.340 e. The van der Waals surface area contributed by atoms with Crippen LogP contribution < -0.4 is 5.32 Å². The van der Waals surface area contributed by atoms with E-state index in [0.717, 1.165) is 0 Å². The SMILES string of the molecule is CC(=O)c1cccc(Nc2nc(C(F)(F)F)nc3ccccc23)c1. The predicted octanol–water partition coefficient (Wildman–Crippen LogP) is 4.59. The van der Waals surface area contributed by atoms with Gasteiger partial charge in [0, 0.05) is 16.6 Å². The highest BCUT2D eigenvalue weighted by Crippen LogP contribution is 2.31. The van der Waals surface area contributed by atoms with Crippen LogP contribution in [0.15, 0.2) is 48.5 Å². The van der Waals surface area contributed by atoms with Crippen LogP contribution in [-0.2, 0) is 6.18 Å². The summed E-state index contributed by atoms with van der Waals surface area (Å²) in [5, 5.41) is 3.31. The maximum Gasteiger partial charge on any atom is 0.451 e. The minimum absolute atomic E-state index is 0.0358. The van der Waals surface area contributed by atoms with Gasteiger partial charge in [0.15, 0.2) is 5.78 Å². The van der Waals surface area contributed by atoms with Crippen molar-refractivity contribution >= 4 is 28.2 Å². The lowest BCUT2D eigenvalue weighted by atomic mass is 10.1. The zero-order chi connectivity index (χ0) is 17.3. The van der Waals surface area contributed by atoms with E-state index in [0.29, 0.717) is 16.6 Å². The Morgan fingerprint density at radius 1 is 1.04 bits per heavy atom. The zero-order valence-corrected chi connectivity index (χ0v) is 12.6. The van der Waals surface area contributed by atoms with Crippen LogP contribution in [0.2, 0.25) is 0 Å². The highest BCUT2D eigenvalue weighted by molar-refractivity contribution is 5.96. The lowest BCUT2D eigenvalue weighted by Crippen LogP contribution is -2.12. The summed E-state index contributed by atoms with van der Waals surface area (Å²) in [6.45, 7) is 1.42. The number of para-hydroxylation sites is 1. The fraction of sp³-hybridized carbons (Fsp3) is 0.118. The van der Waals surface area contributed by atoms with E-state index in [1.807, 2.05) is 0 Å². The molecule has 2 aromatic carbocycles. The van der Waals surface area contributed by atoms with Crippen LogP contribution in [0.25, 0.3) is 10.9 Å². The summed E-state index contributed by atoms with van der Waals surface area (Å²) >= 11 is 0. The number of aromatic nitrogens is 2. The average Bonchev–Trinajstić information content (AvgIpc) is 2.54. The van der Waals surface area contributed by atoms with Crippen LogP contribution in [0.3, 0.4) is 0 Å². The summed E-state index contributed by atoms with van der Waals surface area (Å²) < 4.78 is 39.0. The minimum atomic E-state index is -4.65. The Morgan fingerprint density at radius 3 is 2.50 bits per heavy atom. The van der Waals surface area contributed by atoms with Crippen molar-refractivity contribution in [3.8, 4) is 0 Å². The maximum absolute atomic E-state index is 13.0. The van der Waals surface area contributed by atoms with E-state index in [9.17, 15) is 18.0 Å². The molecule has 0 aliphatic heterocycles. The molecular weight excluding hydrogens is 319 g/mol. The first kappa shape index (κ1) is 15.9. The van der Waals surface area contributed by atoms with Gasteiger partial charge in [0.1, 0.15) is 5.82 Å². The van der Waals surface area contributed by atoms with E-state index in [1.54, 1.807) is 42.5 Å². The number of nitrogens with one attached hydrogen (secondary N) is 1. The van der Waals surface area contributed by atoms with Crippen molar-refractivity contribution in [1.82, 2.24) is 9.97 Å². The Hall–Kier alpha value is -2.96. The molecule has 0 amide bonds. The molecule has 1 N–H and O–H groups in total. The largest absolute Gasteiger partial charge is 0.451 e. The highest BCUT2D eigenvalue weighted by atomic mass is 19.4. The molecule has 1 heterocycles. The fourth-order valence-corrected chi connectivity index (χ4v) is 2.25. The van der Waals surface area contributed by atoms with Crippen LogP contribution in [-0.4, -0.2) is 15.8 Å². The number of rotatable bonds is 3. The van der Waals surface area contributed by atoms with Crippen molar-refractivity contribution in [3.05, 3.63) is 59.9 Å². The number of hydrogen-bond donors (Lipinski definition) is 1. The summed E-state index contributed by atoms with van der Waals surface area (Å²) in [6, 6.07) is 12.9. The summed E-state index contributed by atoms with van der Waals surface area (Å²) in [4.78, 5) is 18.6. The van der Waals surface area contributed by atoms with E-state index in [4.69, 9.17) is 0 Å². The van der Waals surface area contributed by atoms with Gasteiger partial charge < -0.3 is 5.32 Å². The van der Waals surface area contributed by atoms with Gasteiger partial charge in [-0.25, -0.2) is 9.97 Å². The van der Waals surface area contributed by atoms with Crippen LogP contribution in [0, 0.1) is 0 Å². The van der Waals surface area contributed by atoms with Crippen molar-refractivity contribution in [1.29, 1.82) is 0 Å². The second-order valence-electron chi connectivity index (χ2n) is 5.17. The number of carbonyl (C=O) groups excluding carboxylic acids is 1. The normalized spacial score (nSPS) is 11.5. The molecule has 24 heavy (non-hydrogen) atoms. The number of ketones is 1. The summed E-state index contributed by atoms with van der Waals surface area (Å²) in [5.41, 5.74) is 1.11. The molecule has 0 spiro atoms. The van der Waals surface area contributed by atoms with Crippen LogP contribution in [0.5, 0.6) is 0 Å². The number of halogens is 3. The van der Waals surface area contributed by atoms with Gasteiger partial charge in [0.25, 0.3) is 0 Å². The van der Waals surface area contributed by atoms with E-state index in [2.05, 4.69) is 15.3 Å². The molecular formula is C17H12F3N3O. The van der Waals surface area contributed by atoms with Crippen molar-refractivity contribution in [2.24, 2.45) is 0 Å². The molecule has 0 aliphatic rings. The lowest BCUT2D eigenvalue weighted by molar-refractivity contribution is -0.144. The fourth-order valence-electron chi connectivity index (χ4n) is 2.25. The second kappa shape index (κ2) is 5.92. The molecule has 0 unspecified atom stereocenters. The maximum atomic E-state index is 13.0. The molecule has 7 heteroatoms. The van der Waals surface area contributed by atoms with Crippen molar-refractivity contribution in [3.63, 3.8) is 0 Å². The standard InChI is InChI=1S/C17H12F3N3O/c1-10(24)11-5-4-6-12(9-11)21-15-13-7-2-3-8-14(13)22-16(23-15)17(18,19)20/h2-9H,1H3,(H,21,22,23). The van der Waals surface area contributed by atoms with Gasteiger partial charge in [-0.1, -0.05) is 24.3 Å². The molecule has 3 aromatic rings. The third-order valence-corrected chi connectivity index (χ3v) is 3.39. The average molecular weight is 331 g/mol. The third kappa shape index (κ3) is 3.19. The highest BCUT2D eigenvalue weighted by Gasteiger charge is 2.35. The molecule has 4 nitrogen and oxygen atoms in total. The molecule has 0 saturated carbocycles. The quantitative estimate of drug-likeness (QED) is 0.713. The number of alkyl halides is 3. The van der Waals surface area contributed by atoms with E-state index < -0.39 is 12.0 Å². The Labute approximate surface area is 135 Å². The van der Waals surface area contributed by atoms with Crippen molar-refractivity contribution in [2.45, 2.75) is 13.1 Å². The van der Waals surface area contributed by atoms with Gasteiger partial charge in [0.05, 0.1) is 5.52 Å². The molecule has 0 fully saturated rings. The number of anilines is 2. The Morgan fingerprint density at radius 2 is 1.79 bits per heavy atom. The Bertz CT molecular complexity index is 922. The van der Waals surface area contributed by atoms with Gasteiger partial charge in [-0.2, -0.15) is 13.2 Å². The van der Waals surface area contributed by atoms with E-state index >= 15 is 0 Å². The third-order valence-electron chi connectivity index (χ3n) is 3.39. The number of hydrogen-bond acceptors (Lipinski definition) is 4. The second-order valence-corrected chi connectivity index (χ2v) is 5.17. The lowest BCUT2D eigenvalue weighted by Gasteiger charge is -2.12. The van der Waals surface area contributed by atoms with Gasteiger partial charge in [-0.05, 0) is 31.2 Å². The molecule has 0 saturated heterocycles. The van der Waals surface area contributed by atoms with Gasteiger partial charge in [-0.3, -0.25) is 4.79 Å². The number of Topliss-reactive ketones (excluding diaryl/α,β-unsaturated/α-hetero) is 1. The first-order valence-electron chi connectivity index (χ1n) is 7.06. The first-order chi connectivity index (χ1) is 11.3. The van der Waals surface area contributed by atoms with Gasteiger partial charge in [0.2, 0.25) is 5.82 Å². The molecule has 0 radical (unpaired) electrons. The van der Waals surface area contributed by atoms with Crippen molar-refractivity contribution in [2.75, 3.05) is 5.32 Å². The molecule has 1 aromatic heterocycles. The summed E-state index contributed by atoms with van der Waals surface area (Å²) in [5.74, 6) is -1.32. The molecule has 122 valence electrons. The number of benzene rings is 2. The number of carbonyl (C=O) groups is 1. The number of fused-ring (bicyclic) bond motifs is 1. The molecule has 0 bridgehead atoms. The van der Waals surface area contributed by atoms with Crippen LogP contribution in [0.1, 0.15) is 23.1 Å². The first-order valence-corrected chi connectivity index (χ1v) is 7.06.